The standard InChI is InChI=1S/C37H38F6O/c1-3-5-6-7-26-16-17-27(33(39)32(26)38)22-8-10-23(11-9-22)28-18-19-29(35(41)34(28)40)24-12-14-25(15-13-24)30-20-21-31(44-4-2)37(43)36(30)42/h3,5,14,16-24H,4,6-13,15H2,1-2H3. The number of hydrogen-bond donors (Lipinski definition) is 0. The molecule has 0 saturated heterocycles. The third-order valence-corrected chi connectivity index (χ3v) is 9.30. The van der Waals surface area contributed by atoms with Crippen LogP contribution in [0, 0.1) is 34.9 Å². The van der Waals surface area contributed by atoms with Crippen LogP contribution in [0.3, 0.4) is 0 Å². The van der Waals surface area contributed by atoms with Gasteiger partial charge in [0.1, 0.15) is 0 Å². The minimum atomic E-state index is -1.03. The van der Waals surface area contributed by atoms with Gasteiger partial charge in [0.2, 0.25) is 5.82 Å². The zero-order chi connectivity index (χ0) is 31.4. The highest BCUT2D eigenvalue weighted by atomic mass is 19.2. The molecule has 5 rings (SSSR count). The Labute approximate surface area is 255 Å². The molecule has 7 heteroatoms. The third-order valence-electron chi connectivity index (χ3n) is 9.30. The first kappa shape index (κ1) is 31.9. The number of rotatable bonds is 9. The fourth-order valence-electron chi connectivity index (χ4n) is 6.85. The molecule has 0 amide bonds. The molecule has 0 radical (unpaired) electrons. The Kier molecular flexibility index (Phi) is 10.2. The molecular weight excluding hydrogens is 574 g/mol. The van der Waals surface area contributed by atoms with Gasteiger partial charge in [-0.15, -0.1) is 0 Å². The van der Waals surface area contributed by atoms with E-state index in [1.165, 1.54) is 12.1 Å². The minimum Gasteiger partial charge on any atom is -0.491 e. The van der Waals surface area contributed by atoms with Gasteiger partial charge in [0.25, 0.3) is 0 Å². The largest absolute Gasteiger partial charge is 0.491 e. The summed E-state index contributed by atoms with van der Waals surface area (Å²) in [6, 6.07) is 9.53. The van der Waals surface area contributed by atoms with E-state index in [1.807, 2.05) is 19.1 Å². The lowest BCUT2D eigenvalue weighted by Crippen LogP contribution is -2.16. The minimum absolute atomic E-state index is 0.139. The van der Waals surface area contributed by atoms with Gasteiger partial charge in [0.05, 0.1) is 6.61 Å². The SMILES string of the molecule is CC=CCCc1ccc(C2CCC(c3ccc(C4CC=C(c5ccc(OCC)c(F)c5F)CC4)c(F)c3F)CC2)c(F)c1F. The monoisotopic (exact) mass is 612 g/mol. The molecule has 3 aromatic carbocycles. The Morgan fingerprint density at radius 1 is 0.682 bits per heavy atom. The van der Waals surface area contributed by atoms with Crippen LogP contribution in [0.15, 0.2) is 54.6 Å². The fraction of sp³-hybridized carbons (Fsp3) is 0.405. The Hall–Kier alpha value is -3.48. The number of hydrogen-bond acceptors (Lipinski definition) is 1. The summed E-state index contributed by atoms with van der Waals surface area (Å²) in [5.41, 5.74) is 2.10. The second-order valence-electron chi connectivity index (χ2n) is 11.8. The fourth-order valence-corrected chi connectivity index (χ4v) is 6.85. The Balaban J connectivity index is 1.24. The van der Waals surface area contributed by atoms with Crippen LogP contribution in [-0.4, -0.2) is 6.61 Å². The average Bonchev–Trinajstić information content (AvgIpc) is 3.03. The normalized spacial score (nSPS) is 20.6. The van der Waals surface area contributed by atoms with E-state index >= 15 is 8.78 Å². The van der Waals surface area contributed by atoms with Gasteiger partial charge < -0.3 is 4.74 Å². The Bertz CT molecular complexity index is 1550. The lowest BCUT2D eigenvalue weighted by atomic mass is 9.75. The maximum atomic E-state index is 15.4. The molecule has 0 spiro atoms. The molecule has 3 aromatic rings. The van der Waals surface area contributed by atoms with E-state index in [0.29, 0.717) is 80.1 Å². The number of halogens is 6. The van der Waals surface area contributed by atoms with Gasteiger partial charge in [0.15, 0.2) is 34.8 Å². The molecule has 1 fully saturated rings. The van der Waals surface area contributed by atoms with E-state index in [4.69, 9.17) is 4.74 Å². The third kappa shape index (κ3) is 6.47. The first-order valence-electron chi connectivity index (χ1n) is 15.6. The quantitative estimate of drug-likeness (QED) is 0.173. The summed E-state index contributed by atoms with van der Waals surface area (Å²) in [4.78, 5) is 0. The van der Waals surface area contributed by atoms with Gasteiger partial charge in [-0.25, -0.2) is 22.0 Å². The number of aryl methyl sites for hydroxylation is 1. The van der Waals surface area contributed by atoms with Crippen molar-refractivity contribution < 1.29 is 31.1 Å². The first-order valence-corrected chi connectivity index (χ1v) is 15.6. The number of ether oxygens (including phenoxy) is 1. The van der Waals surface area contributed by atoms with E-state index in [9.17, 15) is 17.6 Å². The van der Waals surface area contributed by atoms with E-state index in [1.54, 1.807) is 37.3 Å². The maximum absolute atomic E-state index is 15.4. The van der Waals surface area contributed by atoms with Crippen molar-refractivity contribution >= 4 is 5.57 Å². The second-order valence-corrected chi connectivity index (χ2v) is 11.8. The highest BCUT2D eigenvalue weighted by molar-refractivity contribution is 5.68. The highest BCUT2D eigenvalue weighted by Crippen LogP contribution is 2.44. The molecule has 234 valence electrons. The van der Waals surface area contributed by atoms with Crippen LogP contribution in [0.4, 0.5) is 26.3 Å². The molecule has 0 heterocycles. The Morgan fingerprint density at radius 2 is 1.27 bits per heavy atom. The number of allylic oxidation sites excluding steroid dienone is 4. The summed E-state index contributed by atoms with van der Waals surface area (Å²) in [5.74, 6) is -6.13. The molecule has 44 heavy (non-hydrogen) atoms. The van der Waals surface area contributed by atoms with Crippen LogP contribution in [0.5, 0.6) is 5.75 Å². The molecule has 2 aliphatic rings. The molecule has 0 aromatic heterocycles. The topological polar surface area (TPSA) is 9.23 Å². The summed E-state index contributed by atoms with van der Waals surface area (Å²) >= 11 is 0. The van der Waals surface area contributed by atoms with Crippen molar-refractivity contribution in [1.29, 1.82) is 0 Å². The van der Waals surface area contributed by atoms with Crippen molar-refractivity contribution in [2.24, 2.45) is 0 Å². The molecule has 0 aliphatic heterocycles. The van der Waals surface area contributed by atoms with Gasteiger partial charge in [0, 0.05) is 5.56 Å². The molecular formula is C37H38F6O. The van der Waals surface area contributed by atoms with Crippen molar-refractivity contribution in [2.45, 2.75) is 89.4 Å². The average molecular weight is 613 g/mol. The molecule has 1 nitrogen and oxygen atoms in total. The van der Waals surface area contributed by atoms with Crippen LogP contribution in [0.1, 0.15) is 111 Å². The van der Waals surface area contributed by atoms with Crippen LogP contribution in [-0.2, 0) is 6.42 Å². The highest BCUT2D eigenvalue weighted by Gasteiger charge is 2.31. The second kappa shape index (κ2) is 14.1. The Morgan fingerprint density at radius 3 is 1.84 bits per heavy atom. The summed E-state index contributed by atoms with van der Waals surface area (Å²) in [5, 5.41) is 0. The van der Waals surface area contributed by atoms with Crippen molar-refractivity contribution in [3.05, 3.63) is 117 Å². The summed E-state index contributed by atoms with van der Waals surface area (Å²) in [7, 11) is 0. The summed E-state index contributed by atoms with van der Waals surface area (Å²) in [6.45, 7) is 3.79. The first-order chi connectivity index (χ1) is 21.2. The lowest BCUT2D eigenvalue weighted by Gasteiger charge is -2.30. The molecule has 1 unspecified atom stereocenters. The maximum Gasteiger partial charge on any atom is 0.201 e. The van der Waals surface area contributed by atoms with Gasteiger partial charge in [-0.3, -0.25) is 0 Å². The predicted molar refractivity (Wildman–Crippen MR) is 162 cm³/mol. The van der Waals surface area contributed by atoms with Gasteiger partial charge in [-0.05, 0) is 129 Å². The van der Waals surface area contributed by atoms with Crippen molar-refractivity contribution in [3.63, 3.8) is 0 Å². The van der Waals surface area contributed by atoms with E-state index < -0.39 is 34.9 Å². The number of benzene rings is 3. The van der Waals surface area contributed by atoms with E-state index in [-0.39, 0.29) is 41.2 Å². The van der Waals surface area contributed by atoms with Crippen molar-refractivity contribution in [3.8, 4) is 5.75 Å². The molecule has 1 saturated carbocycles. The molecule has 0 bridgehead atoms. The zero-order valence-corrected chi connectivity index (χ0v) is 25.2. The lowest BCUT2D eigenvalue weighted by molar-refractivity contribution is 0.314. The summed E-state index contributed by atoms with van der Waals surface area (Å²) in [6.07, 6.45) is 10.1. The van der Waals surface area contributed by atoms with Crippen LogP contribution in [0.25, 0.3) is 5.57 Å². The van der Waals surface area contributed by atoms with Crippen molar-refractivity contribution in [2.75, 3.05) is 6.61 Å². The van der Waals surface area contributed by atoms with E-state index in [2.05, 4.69) is 0 Å². The smallest absolute Gasteiger partial charge is 0.201 e. The van der Waals surface area contributed by atoms with Gasteiger partial charge in [-0.1, -0.05) is 42.5 Å². The van der Waals surface area contributed by atoms with Gasteiger partial charge in [-0.2, -0.15) is 4.39 Å². The van der Waals surface area contributed by atoms with Crippen LogP contribution in [0.2, 0.25) is 0 Å². The van der Waals surface area contributed by atoms with Gasteiger partial charge >= 0.3 is 0 Å². The zero-order valence-electron chi connectivity index (χ0n) is 25.2. The summed E-state index contributed by atoms with van der Waals surface area (Å²) < 4.78 is 94.8. The van der Waals surface area contributed by atoms with E-state index in [0.717, 1.165) is 0 Å². The predicted octanol–water partition coefficient (Wildman–Crippen LogP) is 11.2. The van der Waals surface area contributed by atoms with Crippen molar-refractivity contribution in [1.82, 2.24) is 0 Å². The molecule has 0 N–H and O–H groups in total. The molecule has 1 atom stereocenters. The van der Waals surface area contributed by atoms with Crippen LogP contribution >= 0.6 is 0 Å². The van der Waals surface area contributed by atoms with Crippen LogP contribution < -0.4 is 4.74 Å². The molecule has 2 aliphatic carbocycles.